The van der Waals surface area contributed by atoms with E-state index in [1.807, 2.05) is 18.2 Å². The van der Waals surface area contributed by atoms with E-state index in [1.165, 1.54) is 4.70 Å². The smallest absolute Gasteiger partial charge is 0.0965 e. The van der Waals surface area contributed by atoms with Gasteiger partial charge in [0.2, 0.25) is 0 Å². The van der Waals surface area contributed by atoms with E-state index in [0.717, 1.165) is 10.5 Å². The molecular weight excluding hydrogens is 246 g/mol. The maximum Gasteiger partial charge on any atom is 0.0965 e. The first-order valence-electron chi connectivity index (χ1n) is 6.17. The van der Waals surface area contributed by atoms with Crippen molar-refractivity contribution in [3.8, 4) is 0 Å². The van der Waals surface area contributed by atoms with Crippen molar-refractivity contribution in [1.29, 1.82) is 0 Å². The Morgan fingerprint density at radius 3 is 2.67 bits per heavy atom. The van der Waals surface area contributed by atoms with Crippen LogP contribution in [0.1, 0.15) is 18.9 Å². The van der Waals surface area contributed by atoms with Crippen LogP contribution in [0.3, 0.4) is 0 Å². The molecule has 4 heteroatoms. The molecule has 0 amide bonds. The van der Waals surface area contributed by atoms with Gasteiger partial charge in [0.1, 0.15) is 0 Å². The molecule has 1 N–H and O–H groups in total. The number of thiazole rings is 1. The highest BCUT2D eigenvalue weighted by Crippen LogP contribution is 2.24. The van der Waals surface area contributed by atoms with E-state index < -0.39 is 6.10 Å². The van der Waals surface area contributed by atoms with Gasteiger partial charge in [-0.2, -0.15) is 0 Å². The highest BCUT2D eigenvalue weighted by atomic mass is 32.1. The Labute approximate surface area is 111 Å². The SMILES string of the molecule is COC(C(C)C)C(O)Cc1nc2ccccc2s1. The number of aromatic nitrogens is 1. The first-order valence-corrected chi connectivity index (χ1v) is 6.98. The Morgan fingerprint density at radius 1 is 1.33 bits per heavy atom. The molecule has 2 unspecified atom stereocenters. The number of para-hydroxylation sites is 1. The molecule has 0 radical (unpaired) electrons. The molecule has 2 aromatic rings. The molecule has 3 nitrogen and oxygen atoms in total. The largest absolute Gasteiger partial charge is 0.390 e. The van der Waals surface area contributed by atoms with Gasteiger partial charge in [-0.25, -0.2) is 4.98 Å². The number of hydrogen-bond acceptors (Lipinski definition) is 4. The van der Waals surface area contributed by atoms with E-state index in [4.69, 9.17) is 4.74 Å². The second kappa shape index (κ2) is 5.78. The molecule has 0 aliphatic rings. The molecule has 0 spiro atoms. The van der Waals surface area contributed by atoms with Crippen molar-refractivity contribution >= 4 is 21.6 Å². The van der Waals surface area contributed by atoms with E-state index in [-0.39, 0.29) is 6.10 Å². The van der Waals surface area contributed by atoms with Gasteiger partial charge in [-0.15, -0.1) is 11.3 Å². The van der Waals surface area contributed by atoms with E-state index in [0.29, 0.717) is 12.3 Å². The van der Waals surface area contributed by atoms with Gasteiger partial charge in [0.25, 0.3) is 0 Å². The summed E-state index contributed by atoms with van der Waals surface area (Å²) < 4.78 is 6.51. The molecular formula is C14H19NO2S. The number of ether oxygens (including phenoxy) is 1. The molecule has 0 bridgehead atoms. The number of hydrogen-bond donors (Lipinski definition) is 1. The fraction of sp³-hybridized carbons (Fsp3) is 0.500. The molecule has 0 aliphatic heterocycles. The number of benzene rings is 1. The van der Waals surface area contributed by atoms with Crippen LogP contribution in [-0.4, -0.2) is 29.4 Å². The number of methoxy groups -OCH3 is 1. The monoisotopic (exact) mass is 265 g/mol. The second-order valence-corrected chi connectivity index (χ2v) is 5.91. The predicted octanol–water partition coefficient (Wildman–Crippen LogP) is 2.87. The fourth-order valence-corrected chi connectivity index (χ4v) is 3.19. The Kier molecular flexibility index (Phi) is 4.32. The molecule has 1 heterocycles. The van der Waals surface area contributed by atoms with Crippen LogP contribution < -0.4 is 0 Å². The fourth-order valence-electron chi connectivity index (χ4n) is 2.18. The zero-order valence-corrected chi connectivity index (χ0v) is 11.8. The Bertz CT molecular complexity index is 476. The lowest BCUT2D eigenvalue weighted by molar-refractivity contribution is -0.0367. The van der Waals surface area contributed by atoms with Gasteiger partial charge in [-0.3, -0.25) is 0 Å². The minimum absolute atomic E-state index is 0.142. The second-order valence-electron chi connectivity index (χ2n) is 4.79. The van der Waals surface area contributed by atoms with Gasteiger partial charge in [0.05, 0.1) is 27.4 Å². The van der Waals surface area contributed by atoms with Gasteiger partial charge in [0, 0.05) is 13.5 Å². The van der Waals surface area contributed by atoms with Crippen LogP contribution in [-0.2, 0) is 11.2 Å². The first kappa shape index (κ1) is 13.5. The van der Waals surface area contributed by atoms with Gasteiger partial charge < -0.3 is 9.84 Å². The Morgan fingerprint density at radius 2 is 2.06 bits per heavy atom. The lowest BCUT2D eigenvalue weighted by Gasteiger charge is -2.24. The summed E-state index contributed by atoms with van der Waals surface area (Å²) in [5.41, 5.74) is 1.00. The van der Waals surface area contributed by atoms with Crippen molar-refractivity contribution in [2.24, 2.45) is 5.92 Å². The summed E-state index contributed by atoms with van der Waals surface area (Å²) in [4.78, 5) is 4.53. The van der Waals surface area contributed by atoms with Crippen LogP contribution >= 0.6 is 11.3 Å². The molecule has 98 valence electrons. The number of nitrogens with zero attached hydrogens (tertiary/aromatic N) is 1. The normalized spacial score (nSPS) is 15.2. The summed E-state index contributed by atoms with van der Waals surface area (Å²) in [5.74, 6) is 0.291. The lowest BCUT2D eigenvalue weighted by Crippen LogP contribution is -2.34. The van der Waals surface area contributed by atoms with Crippen LogP contribution in [0, 0.1) is 5.92 Å². The van der Waals surface area contributed by atoms with Crippen molar-refractivity contribution in [3.05, 3.63) is 29.3 Å². The van der Waals surface area contributed by atoms with Crippen molar-refractivity contribution in [2.75, 3.05) is 7.11 Å². The van der Waals surface area contributed by atoms with E-state index in [9.17, 15) is 5.11 Å². The number of aliphatic hydroxyl groups excluding tert-OH is 1. The highest BCUT2D eigenvalue weighted by Gasteiger charge is 2.23. The van der Waals surface area contributed by atoms with Gasteiger partial charge in [0.15, 0.2) is 0 Å². The summed E-state index contributed by atoms with van der Waals surface area (Å²) in [5, 5.41) is 11.2. The van der Waals surface area contributed by atoms with Crippen LogP contribution in [0.15, 0.2) is 24.3 Å². The van der Waals surface area contributed by atoms with Crippen LogP contribution in [0.2, 0.25) is 0 Å². The summed E-state index contributed by atoms with van der Waals surface area (Å²) in [6, 6.07) is 8.04. The quantitative estimate of drug-likeness (QED) is 0.904. The van der Waals surface area contributed by atoms with Crippen molar-refractivity contribution in [3.63, 3.8) is 0 Å². The summed E-state index contributed by atoms with van der Waals surface area (Å²) in [7, 11) is 1.65. The minimum atomic E-state index is -0.504. The summed E-state index contributed by atoms with van der Waals surface area (Å²) in [6.07, 6.45) is -0.0941. The van der Waals surface area contributed by atoms with E-state index >= 15 is 0 Å². The molecule has 2 atom stereocenters. The molecule has 0 saturated heterocycles. The molecule has 0 fully saturated rings. The molecule has 1 aromatic heterocycles. The zero-order chi connectivity index (χ0) is 13.1. The molecule has 0 aliphatic carbocycles. The minimum Gasteiger partial charge on any atom is -0.390 e. The topological polar surface area (TPSA) is 42.4 Å². The average molecular weight is 265 g/mol. The van der Waals surface area contributed by atoms with Crippen molar-refractivity contribution in [1.82, 2.24) is 4.98 Å². The number of aliphatic hydroxyl groups is 1. The van der Waals surface area contributed by atoms with Crippen LogP contribution in [0.25, 0.3) is 10.2 Å². The number of fused-ring (bicyclic) bond motifs is 1. The van der Waals surface area contributed by atoms with E-state index in [2.05, 4.69) is 24.9 Å². The first-order chi connectivity index (χ1) is 8.61. The van der Waals surface area contributed by atoms with Crippen molar-refractivity contribution in [2.45, 2.75) is 32.5 Å². The average Bonchev–Trinajstić information content (AvgIpc) is 2.71. The van der Waals surface area contributed by atoms with Gasteiger partial charge in [-0.1, -0.05) is 26.0 Å². The van der Waals surface area contributed by atoms with Crippen LogP contribution in [0.5, 0.6) is 0 Å². The molecule has 18 heavy (non-hydrogen) atoms. The number of rotatable bonds is 5. The molecule has 1 aromatic carbocycles. The molecule has 2 rings (SSSR count). The Hall–Kier alpha value is -0.970. The van der Waals surface area contributed by atoms with Crippen molar-refractivity contribution < 1.29 is 9.84 Å². The third-order valence-corrected chi connectivity index (χ3v) is 4.09. The highest BCUT2D eigenvalue weighted by molar-refractivity contribution is 7.18. The third kappa shape index (κ3) is 2.88. The summed E-state index contributed by atoms with van der Waals surface area (Å²) in [6.45, 7) is 4.10. The predicted molar refractivity (Wildman–Crippen MR) is 75.0 cm³/mol. The standard InChI is InChI=1S/C14H19NO2S/c1-9(2)14(17-3)11(16)8-13-15-10-6-4-5-7-12(10)18-13/h4-7,9,11,14,16H,8H2,1-3H3. The lowest BCUT2D eigenvalue weighted by atomic mass is 10.00. The van der Waals surface area contributed by atoms with Gasteiger partial charge in [-0.05, 0) is 18.1 Å². The maximum atomic E-state index is 10.2. The van der Waals surface area contributed by atoms with Crippen LogP contribution in [0.4, 0.5) is 0 Å². The molecule has 0 saturated carbocycles. The summed E-state index contributed by atoms with van der Waals surface area (Å²) >= 11 is 1.64. The van der Waals surface area contributed by atoms with Gasteiger partial charge >= 0.3 is 0 Å². The van der Waals surface area contributed by atoms with E-state index in [1.54, 1.807) is 18.4 Å². The maximum absolute atomic E-state index is 10.2. The third-order valence-electron chi connectivity index (χ3n) is 3.03. The Balaban J connectivity index is 2.13. The zero-order valence-electron chi connectivity index (χ0n) is 11.0.